The van der Waals surface area contributed by atoms with Crippen LogP contribution in [0.3, 0.4) is 0 Å². The number of rotatable bonds is 10. The molecule has 1 amide bonds. The van der Waals surface area contributed by atoms with Crippen molar-refractivity contribution in [1.82, 2.24) is 19.2 Å². The highest BCUT2D eigenvalue weighted by atomic mass is 16.2. The minimum atomic E-state index is -0.433. The lowest BCUT2D eigenvalue weighted by atomic mass is 9.99. The molecule has 1 unspecified atom stereocenters. The second-order valence-corrected chi connectivity index (χ2v) is 10.2. The third kappa shape index (κ3) is 5.94. The summed E-state index contributed by atoms with van der Waals surface area (Å²) in [7, 11) is 0. The molecule has 1 heterocycles. The Kier molecular flexibility index (Phi) is 8.59. The van der Waals surface area contributed by atoms with E-state index in [0.717, 1.165) is 16.7 Å². The average molecular weight is 512 g/mol. The highest BCUT2D eigenvalue weighted by molar-refractivity contribution is 5.94. The van der Waals surface area contributed by atoms with E-state index >= 15 is 0 Å². The zero-order valence-corrected chi connectivity index (χ0v) is 22.7. The molecule has 1 atom stereocenters. The number of aromatic nitrogens is 3. The predicted molar refractivity (Wildman–Crippen MR) is 152 cm³/mol. The number of nitrogens with zero attached hydrogens (tertiary/aromatic N) is 4. The van der Waals surface area contributed by atoms with Gasteiger partial charge in [-0.3, -0.25) is 9.36 Å². The number of carbonyl (C=O) groups excluding carboxylic acids is 1. The van der Waals surface area contributed by atoms with Gasteiger partial charge in [0.05, 0.1) is 18.3 Å². The van der Waals surface area contributed by atoms with Gasteiger partial charge in [0.1, 0.15) is 0 Å². The molecule has 0 aliphatic rings. The smallest absolute Gasteiger partial charge is 0.330 e. The monoisotopic (exact) mass is 511 g/mol. The van der Waals surface area contributed by atoms with Crippen molar-refractivity contribution in [1.29, 1.82) is 0 Å². The molecule has 0 spiro atoms. The molecule has 7 nitrogen and oxygen atoms in total. The van der Waals surface area contributed by atoms with Crippen LogP contribution in [0.25, 0.3) is 5.69 Å². The maximum atomic E-state index is 13.9. The van der Waals surface area contributed by atoms with E-state index in [4.69, 9.17) is 10.8 Å². The minimum absolute atomic E-state index is 0.00976. The van der Waals surface area contributed by atoms with E-state index in [1.54, 1.807) is 4.57 Å². The fraction of sp³-hybridized carbons (Fsp3) is 0.323. The topological polar surface area (TPSA) is 86.2 Å². The summed E-state index contributed by atoms with van der Waals surface area (Å²) in [6.45, 7) is 9.38. The molecule has 7 heteroatoms. The fourth-order valence-corrected chi connectivity index (χ4v) is 4.76. The molecule has 198 valence electrons. The van der Waals surface area contributed by atoms with Gasteiger partial charge in [-0.2, -0.15) is 4.68 Å². The molecule has 0 bridgehead atoms. The molecular formula is C31H37N5O2. The highest BCUT2D eigenvalue weighted by Gasteiger charge is 2.34. The van der Waals surface area contributed by atoms with Gasteiger partial charge in [-0.1, -0.05) is 74.0 Å². The van der Waals surface area contributed by atoms with Gasteiger partial charge in [-0.05, 0) is 68.1 Å². The molecule has 0 fully saturated rings. The average Bonchev–Trinajstić information content (AvgIpc) is 3.22. The van der Waals surface area contributed by atoms with E-state index in [1.807, 2.05) is 97.6 Å². The Hall–Kier alpha value is -3.97. The summed E-state index contributed by atoms with van der Waals surface area (Å²) < 4.78 is 3.16. The minimum Gasteiger partial charge on any atom is -0.330 e. The zero-order chi connectivity index (χ0) is 27.2. The van der Waals surface area contributed by atoms with Crippen molar-refractivity contribution in [3.05, 3.63) is 117 Å². The summed E-state index contributed by atoms with van der Waals surface area (Å²) in [4.78, 5) is 29.6. The van der Waals surface area contributed by atoms with Crippen molar-refractivity contribution in [2.24, 2.45) is 11.7 Å². The number of hydrogen-bond acceptors (Lipinski definition) is 4. The summed E-state index contributed by atoms with van der Waals surface area (Å²) >= 11 is 0. The van der Waals surface area contributed by atoms with Gasteiger partial charge in [0.2, 0.25) is 0 Å². The number of hydrogen-bond donors (Lipinski definition) is 1. The molecule has 0 aliphatic carbocycles. The standard InChI is InChI=1S/C31H37N5O2/c1-22(2)28(34(19-9-18-32)30(37)26-16-14-23(3)15-17-26)29-33-36(27-13-8-10-24(4)20-27)31(38)35(29)21-25-11-6-5-7-12-25/h5-8,10-17,20,22,28H,9,18-19,21,32H2,1-4H3. The summed E-state index contributed by atoms with van der Waals surface area (Å²) in [5, 5.41) is 4.90. The maximum absolute atomic E-state index is 13.9. The first-order chi connectivity index (χ1) is 18.3. The van der Waals surface area contributed by atoms with Crippen LogP contribution in [-0.2, 0) is 6.54 Å². The number of nitrogens with two attached hydrogens (primary N) is 1. The highest BCUT2D eigenvalue weighted by Crippen LogP contribution is 2.30. The Labute approximate surface area is 224 Å². The lowest BCUT2D eigenvalue weighted by molar-refractivity contribution is 0.0603. The Morgan fingerprint density at radius 1 is 0.947 bits per heavy atom. The van der Waals surface area contributed by atoms with Crippen molar-refractivity contribution in [2.45, 2.75) is 46.7 Å². The molecule has 4 aromatic rings. The van der Waals surface area contributed by atoms with E-state index in [1.165, 1.54) is 4.68 Å². The quantitative estimate of drug-likeness (QED) is 0.329. The van der Waals surface area contributed by atoms with Crippen molar-refractivity contribution < 1.29 is 4.79 Å². The van der Waals surface area contributed by atoms with Crippen molar-refractivity contribution in [3.8, 4) is 5.69 Å². The molecule has 3 aromatic carbocycles. The van der Waals surface area contributed by atoms with Crippen LogP contribution in [0, 0.1) is 19.8 Å². The number of aryl methyl sites for hydroxylation is 2. The van der Waals surface area contributed by atoms with Gasteiger partial charge in [0.25, 0.3) is 5.91 Å². The molecule has 0 saturated heterocycles. The molecule has 4 rings (SSSR count). The third-order valence-corrected chi connectivity index (χ3v) is 6.72. The van der Waals surface area contributed by atoms with Crippen LogP contribution in [0.4, 0.5) is 0 Å². The molecular weight excluding hydrogens is 474 g/mol. The first kappa shape index (κ1) is 27.1. The van der Waals surface area contributed by atoms with Crippen LogP contribution in [-0.4, -0.2) is 38.2 Å². The molecule has 2 N–H and O–H groups in total. The van der Waals surface area contributed by atoms with E-state index in [-0.39, 0.29) is 17.5 Å². The second kappa shape index (κ2) is 12.0. The number of carbonyl (C=O) groups is 1. The van der Waals surface area contributed by atoms with E-state index in [9.17, 15) is 9.59 Å². The largest absolute Gasteiger partial charge is 0.351 e. The number of amides is 1. The Morgan fingerprint density at radius 2 is 1.66 bits per heavy atom. The zero-order valence-electron chi connectivity index (χ0n) is 22.7. The molecule has 1 aromatic heterocycles. The van der Waals surface area contributed by atoms with Gasteiger partial charge in [-0.15, -0.1) is 5.10 Å². The fourth-order valence-electron chi connectivity index (χ4n) is 4.76. The summed E-state index contributed by atoms with van der Waals surface area (Å²) in [6.07, 6.45) is 0.641. The first-order valence-corrected chi connectivity index (χ1v) is 13.2. The van der Waals surface area contributed by atoms with Gasteiger partial charge in [-0.25, -0.2) is 4.79 Å². The van der Waals surface area contributed by atoms with Gasteiger partial charge >= 0.3 is 5.69 Å². The Balaban J connectivity index is 1.88. The Morgan fingerprint density at radius 3 is 2.29 bits per heavy atom. The van der Waals surface area contributed by atoms with Gasteiger partial charge in [0.15, 0.2) is 5.82 Å². The lowest BCUT2D eigenvalue weighted by Crippen LogP contribution is -2.40. The summed E-state index contributed by atoms with van der Waals surface area (Å²) in [5.41, 5.74) is 10.1. The summed E-state index contributed by atoms with van der Waals surface area (Å²) in [6, 6.07) is 24.7. The molecule has 38 heavy (non-hydrogen) atoms. The van der Waals surface area contributed by atoms with Crippen LogP contribution in [0.15, 0.2) is 83.7 Å². The van der Waals surface area contributed by atoms with E-state index in [2.05, 4.69) is 13.8 Å². The van der Waals surface area contributed by atoms with Crippen molar-refractivity contribution in [2.75, 3.05) is 13.1 Å². The van der Waals surface area contributed by atoms with Crippen LogP contribution in [0.1, 0.15) is 59.2 Å². The third-order valence-electron chi connectivity index (χ3n) is 6.72. The van der Waals surface area contributed by atoms with Crippen LogP contribution < -0.4 is 11.4 Å². The van der Waals surface area contributed by atoms with Crippen molar-refractivity contribution >= 4 is 5.91 Å². The van der Waals surface area contributed by atoms with Crippen LogP contribution in [0.2, 0.25) is 0 Å². The molecule has 0 radical (unpaired) electrons. The first-order valence-electron chi connectivity index (χ1n) is 13.2. The maximum Gasteiger partial charge on any atom is 0.351 e. The van der Waals surface area contributed by atoms with Crippen LogP contribution >= 0.6 is 0 Å². The molecule has 0 aliphatic heterocycles. The Bertz CT molecular complexity index is 1420. The second-order valence-electron chi connectivity index (χ2n) is 10.2. The normalized spacial score (nSPS) is 12.1. The van der Waals surface area contributed by atoms with Gasteiger partial charge < -0.3 is 10.6 Å². The predicted octanol–water partition coefficient (Wildman–Crippen LogP) is 4.89. The molecule has 0 saturated carbocycles. The van der Waals surface area contributed by atoms with E-state index in [0.29, 0.717) is 43.1 Å². The van der Waals surface area contributed by atoms with E-state index < -0.39 is 6.04 Å². The van der Waals surface area contributed by atoms with Crippen LogP contribution in [0.5, 0.6) is 0 Å². The SMILES string of the molecule is Cc1ccc(C(=O)N(CCCN)C(c2nn(-c3cccc(C)c3)c(=O)n2Cc2ccccc2)C(C)C)cc1. The van der Waals surface area contributed by atoms with Crippen molar-refractivity contribution in [3.63, 3.8) is 0 Å². The van der Waals surface area contributed by atoms with Gasteiger partial charge in [0, 0.05) is 12.1 Å². The number of benzene rings is 3. The lowest BCUT2D eigenvalue weighted by Gasteiger charge is -2.34. The summed E-state index contributed by atoms with van der Waals surface area (Å²) in [5.74, 6) is 0.457.